The van der Waals surface area contributed by atoms with Crippen LogP contribution in [0.5, 0.6) is 0 Å². The lowest BCUT2D eigenvalue weighted by Gasteiger charge is -2.24. The topological polar surface area (TPSA) is 58.6 Å². The SMILES string of the molecule is O=C1OC(O)(Nc2ccccc2)c2ccccc21. The maximum atomic E-state index is 11.6. The molecule has 1 unspecified atom stereocenters. The van der Waals surface area contributed by atoms with Crippen LogP contribution < -0.4 is 5.32 Å². The third kappa shape index (κ3) is 1.63. The van der Waals surface area contributed by atoms with Crippen LogP contribution in [0.1, 0.15) is 15.9 Å². The third-order valence-corrected chi connectivity index (χ3v) is 2.84. The van der Waals surface area contributed by atoms with Crippen LogP contribution in [0.4, 0.5) is 5.69 Å². The highest BCUT2D eigenvalue weighted by molar-refractivity contribution is 5.94. The number of hydrogen-bond donors (Lipinski definition) is 2. The highest BCUT2D eigenvalue weighted by Gasteiger charge is 2.44. The van der Waals surface area contributed by atoms with Crippen LogP contribution in [-0.4, -0.2) is 11.1 Å². The summed E-state index contributed by atoms with van der Waals surface area (Å²) in [7, 11) is 0. The number of para-hydroxylation sites is 1. The second-order valence-corrected chi connectivity index (χ2v) is 4.07. The fourth-order valence-electron chi connectivity index (χ4n) is 2.01. The molecule has 2 N–H and O–H groups in total. The number of carbonyl (C=O) groups excluding carboxylic acids is 1. The third-order valence-electron chi connectivity index (χ3n) is 2.84. The lowest BCUT2D eigenvalue weighted by Crippen LogP contribution is -2.35. The molecular weight excluding hydrogens is 230 g/mol. The smallest absolute Gasteiger partial charge is 0.342 e. The van der Waals surface area contributed by atoms with E-state index in [1.807, 2.05) is 18.2 Å². The number of hydrogen-bond acceptors (Lipinski definition) is 4. The molecule has 4 nitrogen and oxygen atoms in total. The van der Waals surface area contributed by atoms with E-state index in [1.54, 1.807) is 36.4 Å². The predicted octanol–water partition coefficient (Wildman–Crippen LogP) is 2.07. The normalized spacial score (nSPS) is 21.3. The zero-order valence-corrected chi connectivity index (χ0v) is 9.46. The van der Waals surface area contributed by atoms with Crippen LogP contribution in [0.25, 0.3) is 0 Å². The highest BCUT2D eigenvalue weighted by atomic mass is 16.7. The van der Waals surface area contributed by atoms with E-state index in [0.29, 0.717) is 16.8 Å². The Kier molecular flexibility index (Phi) is 2.31. The van der Waals surface area contributed by atoms with Gasteiger partial charge in [-0.1, -0.05) is 30.3 Å². The first-order valence-electron chi connectivity index (χ1n) is 5.57. The predicted molar refractivity (Wildman–Crippen MR) is 65.8 cm³/mol. The number of benzene rings is 2. The zero-order valence-electron chi connectivity index (χ0n) is 9.46. The Bertz CT molecular complexity index is 597. The average molecular weight is 241 g/mol. The summed E-state index contributed by atoms with van der Waals surface area (Å²) in [6, 6.07) is 15.9. The summed E-state index contributed by atoms with van der Waals surface area (Å²) in [6.07, 6.45) is 0. The summed E-state index contributed by atoms with van der Waals surface area (Å²) in [4.78, 5) is 11.6. The van der Waals surface area contributed by atoms with Crippen molar-refractivity contribution in [3.8, 4) is 0 Å². The molecule has 0 bridgehead atoms. The van der Waals surface area contributed by atoms with Gasteiger partial charge in [-0.3, -0.25) is 0 Å². The Hall–Kier alpha value is -2.33. The molecule has 4 heteroatoms. The van der Waals surface area contributed by atoms with Crippen molar-refractivity contribution in [3.63, 3.8) is 0 Å². The second-order valence-electron chi connectivity index (χ2n) is 4.07. The van der Waals surface area contributed by atoms with Crippen LogP contribution in [0.2, 0.25) is 0 Å². The van der Waals surface area contributed by atoms with Crippen molar-refractivity contribution in [1.82, 2.24) is 0 Å². The van der Waals surface area contributed by atoms with Gasteiger partial charge in [-0.05, 0) is 24.3 Å². The Morgan fingerprint density at radius 2 is 1.67 bits per heavy atom. The molecule has 0 fully saturated rings. The van der Waals surface area contributed by atoms with E-state index < -0.39 is 11.9 Å². The minimum absolute atomic E-state index is 0.378. The van der Waals surface area contributed by atoms with E-state index in [-0.39, 0.29) is 0 Å². The number of rotatable bonds is 2. The molecule has 0 aliphatic carbocycles. The molecule has 0 aromatic heterocycles. The van der Waals surface area contributed by atoms with Crippen molar-refractivity contribution in [2.75, 3.05) is 5.32 Å². The summed E-state index contributed by atoms with van der Waals surface area (Å²) in [5.74, 6) is -2.33. The standard InChI is InChI=1S/C14H11NO3/c16-13-11-8-4-5-9-12(11)14(17,18-13)15-10-6-2-1-3-7-10/h1-9,15,17H. The molecule has 0 amide bonds. The van der Waals surface area contributed by atoms with Gasteiger partial charge in [-0.25, -0.2) is 4.79 Å². The molecule has 2 aromatic rings. The minimum Gasteiger partial charge on any atom is -0.406 e. The number of carbonyl (C=O) groups is 1. The summed E-state index contributed by atoms with van der Waals surface area (Å²) in [5.41, 5.74) is 1.48. The molecule has 1 aliphatic heterocycles. The Morgan fingerprint density at radius 1 is 1.00 bits per heavy atom. The summed E-state index contributed by atoms with van der Waals surface area (Å²) in [5, 5.41) is 13.2. The molecule has 2 aromatic carbocycles. The van der Waals surface area contributed by atoms with Crippen molar-refractivity contribution in [3.05, 3.63) is 65.7 Å². The van der Waals surface area contributed by atoms with Gasteiger partial charge in [0.25, 0.3) is 0 Å². The molecule has 18 heavy (non-hydrogen) atoms. The Morgan fingerprint density at radius 3 is 2.44 bits per heavy atom. The van der Waals surface area contributed by atoms with E-state index in [0.717, 1.165) is 0 Å². The van der Waals surface area contributed by atoms with Gasteiger partial charge in [0.05, 0.1) is 11.1 Å². The van der Waals surface area contributed by atoms with Crippen LogP contribution in [0.3, 0.4) is 0 Å². The van der Waals surface area contributed by atoms with Gasteiger partial charge >= 0.3 is 11.9 Å². The van der Waals surface area contributed by atoms with E-state index >= 15 is 0 Å². The van der Waals surface area contributed by atoms with Crippen LogP contribution in [0.15, 0.2) is 54.6 Å². The first-order valence-corrected chi connectivity index (χ1v) is 5.57. The van der Waals surface area contributed by atoms with Gasteiger partial charge in [0.1, 0.15) is 0 Å². The Balaban J connectivity index is 2.00. The quantitative estimate of drug-likeness (QED) is 0.624. The van der Waals surface area contributed by atoms with Gasteiger partial charge in [-0.15, -0.1) is 0 Å². The monoisotopic (exact) mass is 241 g/mol. The number of fused-ring (bicyclic) bond motifs is 1. The van der Waals surface area contributed by atoms with Crippen LogP contribution in [-0.2, 0) is 10.6 Å². The number of cyclic esters (lactones) is 1. The lowest BCUT2D eigenvalue weighted by atomic mass is 10.1. The minimum atomic E-state index is -1.80. The summed E-state index contributed by atoms with van der Waals surface area (Å²) >= 11 is 0. The maximum Gasteiger partial charge on any atom is 0.342 e. The van der Waals surface area contributed by atoms with Crippen molar-refractivity contribution in [1.29, 1.82) is 0 Å². The maximum absolute atomic E-state index is 11.6. The van der Waals surface area contributed by atoms with Crippen molar-refractivity contribution >= 4 is 11.7 Å². The molecule has 3 rings (SSSR count). The van der Waals surface area contributed by atoms with Gasteiger partial charge in [-0.2, -0.15) is 0 Å². The molecule has 90 valence electrons. The van der Waals surface area contributed by atoms with E-state index in [2.05, 4.69) is 5.32 Å². The van der Waals surface area contributed by atoms with Gasteiger partial charge < -0.3 is 15.2 Å². The van der Waals surface area contributed by atoms with Gasteiger partial charge in [0.15, 0.2) is 0 Å². The average Bonchev–Trinajstić information content (AvgIpc) is 2.63. The fourth-order valence-corrected chi connectivity index (χ4v) is 2.01. The molecule has 0 saturated carbocycles. The zero-order chi connectivity index (χ0) is 12.6. The van der Waals surface area contributed by atoms with Gasteiger partial charge in [0.2, 0.25) is 0 Å². The van der Waals surface area contributed by atoms with Crippen molar-refractivity contribution in [2.45, 2.75) is 5.91 Å². The van der Waals surface area contributed by atoms with E-state index in [9.17, 15) is 9.90 Å². The first kappa shape index (κ1) is 10.8. The molecular formula is C14H11NO3. The van der Waals surface area contributed by atoms with Crippen molar-refractivity contribution < 1.29 is 14.6 Å². The lowest BCUT2D eigenvalue weighted by molar-refractivity contribution is -0.139. The number of nitrogens with one attached hydrogen (secondary N) is 1. The molecule has 1 aliphatic rings. The first-order chi connectivity index (χ1) is 8.69. The van der Waals surface area contributed by atoms with Crippen LogP contribution >= 0.6 is 0 Å². The number of anilines is 1. The molecule has 0 saturated heterocycles. The van der Waals surface area contributed by atoms with E-state index in [4.69, 9.17) is 4.74 Å². The molecule has 1 heterocycles. The van der Waals surface area contributed by atoms with Crippen LogP contribution in [0, 0.1) is 0 Å². The van der Waals surface area contributed by atoms with Crippen molar-refractivity contribution in [2.24, 2.45) is 0 Å². The largest absolute Gasteiger partial charge is 0.406 e. The second kappa shape index (κ2) is 3.85. The number of esters is 1. The Labute approximate surface area is 104 Å². The van der Waals surface area contributed by atoms with Gasteiger partial charge in [0, 0.05) is 5.69 Å². The summed E-state index contributed by atoms with van der Waals surface area (Å²) in [6.45, 7) is 0. The molecule has 0 radical (unpaired) electrons. The number of aliphatic hydroxyl groups is 1. The van der Waals surface area contributed by atoms with E-state index in [1.165, 1.54) is 0 Å². The molecule has 1 atom stereocenters. The highest BCUT2D eigenvalue weighted by Crippen LogP contribution is 2.34. The fraction of sp³-hybridized carbons (Fsp3) is 0.0714. The number of ether oxygens (including phenoxy) is 1. The molecule has 0 spiro atoms. The summed E-state index contributed by atoms with van der Waals surface area (Å²) < 4.78 is 5.03.